The number of carboxylic acids is 1. The van der Waals surface area contributed by atoms with E-state index in [4.69, 9.17) is 9.52 Å². The van der Waals surface area contributed by atoms with Crippen LogP contribution in [0, 0.1) is 0 Å². The standard InChI is InChI=1S/C11H17NO3/c1-3-9(10-6-5-7-15-10)12(4-2)8-11(13)14/h5-7,9H,3-4,8H2,1-2H3,(H,13,14). The molecule has 1 aromatic rings. The molecule has 1 aromatic heterocycles. The smallest absolute Gasteiger partial charge is 0.317 e. The molecule has 1 N–H and O–H groups in total. The van der Waals surface area contributed by atoms with Gasteiger partial charge in [0, 0.05) is 0 Å². The minimum Gasteiger partial charge on any atom is -0.480 e. The fourth-order valence-electron chi connectivity index (χ4n) is 1.74. The van der Waals surface area contributed by atoms with Crippen molar-refractivity contribution in [2.24, 2.45) is 0 Å². The highest BCUT2D eigenvalue weighted by Crippen LogP contribution is 2.23. The van der Waals surface area contributed by atoms with Gasteiger partial charge in [0.2, 0.25) is 0 Å². The average molecular weight is 211 g/mol. The number of hydrogen-bond acceptors (Lipinski definition) is 3. The zero-order valence-electron chi connectivity index (χ0n) is 9.14. The van der Waals surface area contributed by atoms with E-state index in [1.807, 2.05) is 30.9 Å². The van der Waals surface area contributed by atoms with Crippen molar-refractivity contribution in [2.75, 3.05) is 13.1 Å². The molecule has 0 aliphatic rings. The monoisotopic (exact) mass is 211 g/mol. The van der Waals surface area contributed by atoms with Crippen LogP contribution in [0.4, 0.5) is 0 Å². The Labute approximate surface area is 89.5 Å². The first-order valence-electron chi connectivity index (χ1n) is 5.18. The van der Waals surface area contributed by atoms with Crippen LogP contribution in [0.25, 0.3) is 0 Å². The molecule has 4 nitrogen and oxygen atoms in total. The normalized spacial score (nSPS) is 13.0. The number of hydrogen-bond donors (Lipinski definition) is 1. The van der Waals surface area contributed by atoms with E-state index in [0.717, 1.165) is 12.2 Å². The SMILES string of the molecule is CCC(c1ccco1)N(CC)CC(=O)O. The first-order chi connectivity index (χ1) is 7.19. The number of nitrogens with zero attached hydrogens (tertiary/aromatic N) is 1. The molecule has 0 aliphatic carbocycles. The van der Waals surface area contributed by atoms with Gasteiger partial charge in [-0.1, -0.05) is 13.8 Å². The molecule has 4 heteroatoms. The van der Waals surface area contributed by atoms with Gasteiger partial charge in [0.05, 0.1) is 18.8 Å². The van der Waals surface area contributed by atoms with Crippen LogP contribution in [0.2, 0.25) is 0 Å². The van der Waals surface area contributed by atoms with Crippen molar-refractivity contribution in [1.82, 2.24) is 4.90 Å². The van der Waals surface area contributed by atoms with Gasteiger partial charge in [-0.3, -0.25) is 9.69 Å². The summed E-state index contributed by atoms with van der Waals surface area (Å²) >= 11 is 0. The van der Waals surface area contributed by atoms with Gasteiger partial charge < -0.3 is 9.52 Å². The Morgan fingerprint density at radius 1 is 1.60 bits per heavy atom. The molecule has 0 aromatic carbocycles. The first-order valence-corrected chi connectivity index (χ1v) is 5.18. The van der Waals surface area contributed by atoms with Crippen molar-refractivity contribution in [3.63, 3.8) is 0 Å². The Hall–Kier alpha value is -1.29. The summed E-state index contributed by atoms with van der Waals surface area (Å²) in [7, 11) is 0. The van der Waals surface area contributed by atoms with Crippen molar-refractivity contribution in [3.8, 4) is 0 Å². The van der Waals surface area contributed by atoms with E-state index in [-0.39, 0.29) is 12.6 Å². The minimum absolute atomic E-state index is 0.0513. The lowest BCUT2D eigenvalue weighted by Crippen LogP contribution is -2.33. The average Bonchev–Trinajstić information content (AvgIpc) is 2.70. The molecule has 1 heterocycles. The van der Waals surface area contributed by atoms with Gasteiger partial charge in [-0.25, -0.2) is 0 Å². The van der Waals surface area contributed by atoms with E-state index < -0.39 is 5.97 Å². The predicted octanol–water partition coefficient (Wildman–Crippen LogP) is 2.14. The molecule has 0 saturated heterocycles. The zero-order chi connectivity index (χ0) is 11.3. The third-order valence-corrected chi connectivity index (χ3v) is 2.44. The third-order valence-electron chi connectivity index (χ3n) is 2.44. The third kappa shape index (κ3) is 3.09. The van der Waals surface area contributed by atoms with Gasteiger partial charge in [-0.2, -0.15) is 0 Å². The Bertz CT molecular complexity index is 295. The fourth-order valence-corrected chi connectivity index (χ4v) is 1.74. The van der Waals surface area contributed by atoms with Crippen LogP contribution in [0.3, 0.4) is 0 Å². The lowest BCUT2D eigenvalue weighted by Gasteiger charge is -2.26. The fraction of sp³-hybridized carbons (Fsp3) is 0.545. The van der Waals surface area contributed by atoms with E-state index in [2.05, 4.69) is 0 Å². The lowest BCUT2D eigenvalue weighted by molar-refractivity contribution is -0.139. The molecule has 1 rings (SSSR count). The van der Waals surface area contributed by atoms with Crippen molar-refractivity contribution in [1.29, 1.82) is 0 Å². The largest absolute Gasteiger partial charge is 0.480 e. The van der Waals surface area contributed by atoms with E-state index in [9.17, 15) is 4.79 Å². The Morgan fingerprint density at radius 2 is 2.33 bits per heavy atom. The summed E-state index contributed by atoms with van der Waals surface area (Å²) in [4.78, 5) is 12.6. The maximum atomic E-state index is 10.7. The Kier molecular flexibility index (Phi) is 4.37. The topological polar surface area (TPSA) is 53.7 Å². The number of carbonyl (C=O) groups is 1. The summed E-state index contributed by atoms with van der Waals surface area (Å²) in [5, 5.41) is 8.78. The molecule has 15 heavy (non-hydrogen) atoms. The molecule has 0 radical (unpaired) electrons. The van der Waals surface area contributed by atoms with Gasteiger partial charge >= 0.3 is 5.97 Å². The minimum atomic E-state index is -0.804. The Balaban J connectivity index is 2.75. The van der Waals surface area contributed by atoms with Crippen LogP contribution in [0.15, 0.2) is 22.8 Å². The molecule has 1 unspecified atom stereocenters. The molecule has 0 spiro atoms. The molecule has 0 bridgehead atoms. The summed E-state index contributed by atoms with van der Waals surface area (Å²) in [5.74, 6) is 0.0301. The van der Waals surface area contributed by atoms with Gasteiger partial charge in [-0.05, 0) is 25.1 Å². The second kappa shape index (κ2) is 5.56. The summed E-state index contributed by atoms with van der Waals surface area (Å²) < 4.78 is 5.32. The van der Waals surface area contributed by atoms with Crippen LogP contribution in [-0.4, -0.2) is 29.1 Å². The number of carboxylic acid groups (broad SMARTS) is 1. The molecule has 1 atom stereocenters. The Morgan fingerprint density at radius 3 is 2.73 bits per heavy atom. The van der Waals surface area contributed by atoms with Crippen LogP contribution in [-0.2, 0) is 4.79 Å². The van der Waals surface area contributed by atoms with Crippen LogP contribution in [0.5, 0.6) is 0 Å². The molecular formula is C11H17NO3. The van der Waals surface area contributed by atoms with Crippen molar-refractivity contribution in [3.05, 3.63) is 24.2 Å². The molecular weight excluding hydrogens is 194 g/mol. The predicted molar refractivity (Wildman–Crippen MR) is 56.6 cm³/mol. The second-order valence-corrected chi connectivity index (χ2v) is 3.40. The van der Waals surface area contributed by atoms with Crippen LogP contribution >= 0.6 is 0 Å². The number of rotatable bonds is 6. The van der Waals surface area contributed by atoms with E-state index in [1.165, 1.54) is 0 Å². The molecule has 0 fully saturated rings. The molecule has 0 aliphatic heterocycles. The summed E-state index contributed by atoms with van der Waals surface area (Å²) in [6, 6.07) is 3.77. The van der Waals surface area contributed by atoms with E-state index in [1.54, 1.807) is 6.26 Å². The molecule has 0 amide bonds. The lowest BCUT2D eigenvalue weighted by atomic mass is 10.1. The maximum absolute atomic E-state index is 10.7. The van der Waals surface area contributed by atoms with Crippen molar-refractivity contribution >= 4 is 5.97 Å². The quantitative estimate of drug-likeness (QED) is 0.783. The molecule has 84 valence electrons. The second-order valence-electron chi connectivity index (χ2n) is 3.40. The van der Waals surface area contributed by atoms with Gasteiger partial charge in [0.1, 0.15) is 5.76 Å². The highest BCUT2D eigenvalue weighted by Gasteiger charge is 2.21. The van der Waals surface area contributed by atoms with Crippen molar-refractivity contribution < 1.29 is 14.3 Å². The highest BCUT2D eigenvalue weighted by molar-refractivity contribution is 5.69. The van der Waals surface area contributed by atoms with Gasteiger partial charge in [-0.15, -0.1) is 0 Å². The number of aliphatic carboxylic acids is 1. The highest BCUT2D eigenvalue weighted by atomic mass is 16.4. The maximum Gasteiger partial charge on any atom is 0.317 e. The van der Waals surface area contributed by atoms with E-state index >= 15 is 0 Å². The van der Waals surface area contributed by atoms with Crippen LogP contribution < -0.4 is 0 Å². The molecule has 0 saturated carbocycles. The summed E-state index contributed by atoms with van der Waals surface area (Å²) in [6.45, 7) is 4.73. The zero-order valence-corrected chi connectivity index (χ0v) is 9.14. The van der Waals surface area contributed by atoms with Crippen molar-refractivity contribution in [2.45, 2.75) is 26.3 Å². The van der Waals surface area contributed by atoms with Gasteiger partial charge in [0.25, 0.3) is 0 Å². The number of furan rings is 1. The number of likely N-dealkylation sites (N-methyl/N-ethyl adjacent to an activating group) is 1. The van der Waals surface area contributed by atoms with Crippen LogP contribution in [0.1, 0.15) is 32.1 Å². The van der Waals surface area contributed by atoms with Gasteiger partial charge in [0.15, 0.2) is 0 Å². The van der Waals surface area contributed by atoms with E-state index in [0.29, 0.717) is 6.54 Å². The first kappa shape index (κ1) is 11.8. The summed E-state index contributed by atoms with van der Waals surface area (Å²) in [5.41, 5.74) is 0. The summed E-state index contributed by atoms with van der Waals surface area (Å²) in [6.07, 6.45) is 2.46.